The summed E-state index contributed by atoms with van der Waals surface area (Å²) in [6.45, 7) is 8.46. The molecule has 0 radical (unpaired) electrons. The minimum Gasteiger partial charge on any atom is -0.418 e. The van der Waals surface area contributed by atoms with Crippen molar-refractivity contribution in [2.45, 2.75) is 26.4 Å². The first kappa shape index (κ1) is 14.7. The quantitative estimate of drug-likeness (QED) is 0.546. The van der Waals surface area contributed by atoms with Gasteiger partial charge in [-0.15, -0.1) is 0 Å². The lowest BCUT2D eigenvalue weighted by molar-refractivity contribution is -0.896. The van der Waals surface area contributed by atoms with Crippen LogP contribution in [0.15, 0.2) is 0 Å². The Morgan fingerprint density at radius 3 is 2.07 bits per heavy atom. The average molecular weight is 230 g/mol. The largest absolute Gasteiger partial charge is 0.673 e. The van der Waals surface area contributed by atoms with Crippen molar-refractivity contribution in [3.05, 3.63) is 0 Å². The van der Waals surface area contributed by atoms with Crippen LogP contribution in [-0.4, -0.2) is 45.0 Å². The molecule has 0 amide bonds. The highest BCUT2D eigenvalue weighted by molar-refractivity contribution is 6.50. The van der Waals surface area contributed by atoms with E-state index >= 15 is 0 Å². The Bertz CT molecular complexity index is 169. The van der Waals surface area contributed by atoms with Gasteiger partial charge in [-0.25, -0.2) is 4.90 Å². The SMILES string of the molecule is CCCN1CC[NH+](C)C1C.F[B-](F)(F)F. The summed E-state index contributed by atoms with van der Waals surface area (Å²) in [5.41, 5.74) is 0. The first-order valence-electron chi connectivity index (χ1n) is 5.19. The van der Waals surface area contributed by atoms with Gasteiger partial charge in [0.05, 0.1) is 20.1 Å². The van der Waals surface area contributed by atoms with Gasteiger partial charge in [0.2, 0.25) is 0 Å². The van der Waals surface area contributed by atoms with E-state index in [1.807, 2.05) is 0 Å². The number of nitrogens with one attached hydrogen (secondary N) is 1. The fourth-order valence-corrected chi connectivity index (χ4v) is 1.63. The van der Waals surface area contributed by atoms with Crippen molar-refractivity contribution in [3.8, 4) is 0 Å². The Labute approximate surface area is 88.3 Å². The molecule has 0 aromatic heterocycles. The summed E-state index contributed by atoms with van der Waals surface area (Å²) in [5.74, 6) is 0. The molecule has 0 aliphatic carbocycles. The van der Waals surface area contributed by atoms with E-state index < -0.39 is 7.25 Å². The Hall–Kier alpha value is -0.295. The smallest absolute Gasteiger partial charge is 0.418 e. The second-order valence-corrected chi connectivity index (χ2v) is 3.80. The van der Waals surface area contributed by atoms with Crippen LogP contribution in [0, 0.1) is 0 Å². The van der Waals surface area contributed by atoms with E-state index in [1.54, 1.807) is 4.90 Å². The predicted molar refractivity (Wildman–Crippen MR) is 53.3 cm³/mol. The molecule has 0 aromatic rings. The highest BCUT2D eigenvalue weighted by atomic mass is 19.5. The lowest BCUT2D eigenvalue weighted by Gasteiger charge is -2.19. The van der Waals surface area contributed by atoms with Crippen molar-refractivity contribution in [1.29, 1.82) is 0 Å². The standard InChI is InChI=1S/C8H18N2.BF4/c1-4-5-10-7-6-9(3)8(10)2;2-1(3,4)5/h8H,4-7H2,1-3H3;/q;-1/p+1. The third-order valence-corrected chi connectivity index (χ3v) is 2.57. The number of hydrogen-bond donors (Lipinski definition) is 1. The normalized spacial score (nSPS) is 27.4. The van der Waals surface area contributed by atoms with Crippen LogP contribution in [0.25, 0.3) is 0 Å². The molecule has 1 aliphatic rings. The van der Waals surface area contributed by atoms with Gasteiger partial charge in [-0.1, -0.05) is 6.92 Å². The third kappa shape index (κ3) is 7.61. The van der Waals surface area contributed by atoms with Crippen LogP contribution in [0.1, 0.15) is 20.3 Å². The number of hydrogen-bond acceptors (Lipinski definition) is 1. The summed E-state index contributed by atoms with van der Waals surface area (Å²) in [6.07, 6.45) is 2.04. The molecule has 2 unspecified atom stereocenters. The predicted octanol–water partition coefficient (Wildman–Crippen LogP) is 0.873. The maximum atomic E-state index is 9.75. The summed E-state index contributed by atoms with van der Waals surface area (Å²) in [6, 6.07) is 0. The van der Waals surface area contributed by atoms with Crippen LogP contribution in [0.3, 0.4) is 0 Å². The molecule has 2 nitrogen and oxygen atoms in total. The fraction of sp³-hybridized carbons (Fsp3) is 1.00. The van der Waals surface area contributed by atoms with Crippen LogP contribution >= 0.6 is 0 Å². The van der Waals surface area contributed by atoms with Crippen LogP contribution in [0.2, 0.25) is 0 Å². The van der Waals surface area contributed by atoms with Gasteiger partial charge in [0.25, 0.3) is 0 Å². The van der Waals surface area contributed by atoms with Gasteiger partial charge in [0.1, 0.15) is 6.17 Å². The van der Waals surface area contributed by atoms with Crippen LogP contribution in [0.4, 0.5) is 17.3 Å². The first-order chi connectivity index (χ1) is 6.75. The molecule has 1 rings (SSSR count). The third-order valence-electron chi connectivity index (χ3n) is 2.57. The molecule has 0 aromatic carbocycles. The van der Waals surface area contributed by atoms with Gasteiger partial charge in [-0.05, 0) is 6.42 Å². The monoisotopic (exact) mass is 230 g/mol. The minimum absolute atomic E-state index is 0.750. The first-order valence-corrected chi connectivity index (χ1v) is 5.19. The number of likely N-dealkylation sites (N-methyl/N-ethyl adjacent to an activating group) is 1. The van der Waals surface area contributed by atoms with Crippen molar-refractivity contribution in [3.63, 3.8) is 0 Å². The van der Waals surface area contributed by atoms with Crippen molar-refractivity contribution in [2.24, 2.45) is 0 Å². The van der Waals surface area contributed by atoms with E-state index in [0.29, 0.717) is 0 Å². The number of rotatable bonds is 2. The zero-order chi connectivity index (χ0) is 12.1. The molecule has 0 saturated carbocycles. The van der Waals surface area contributed by atoms with Gasteiger partial charge in [-0.3, -0.25) is 0 Å². The highest BCUT2D eigenvalue weighted by Gasteiger charge is 2.27. The van der Waals surface area contributed by atoms with E-state index in [9.17, 15) is 17.3 Å². The molecule has 1 heterocycles. The van der Waals surface area contributed by atoms with E-state index in [-0.39, 0.29) is 0 Å². The molecule has 92 valence electrons. The van der Waals surface area contributed by atoms with E-state index in [0.717, 1.165) is 6.17 Å². The van der Waals surface area contributed by atoms with Gasteiger partial charge in [0.15, 0.2) is 0 Å². The zero-order valence-electron chi connectivity index (χ0n) is 9.44. The molecule has 7 heteroatoms. The number of quaternary nitrogens is 1. The molecule has 15 heavy (non-hydrogen) atoms. The number of halogens is 4. The maximum absolute atomic E-state index is 9.75. The van der Waals surface area contributed by atoms with Crippen LogP contribution in [0.5, 0.6) is 0 Å². The van der Waals surface area contributed by atoms with Crippen LogP contribution < -0.4 is 4.90 Å². The fourth-order valence-electron chi connectivity index (χ4n) is 1.63. The lowest BCUT2D eigenvalue weighted by atomic mass is 10.3. The summed E-state index contributed by atoms with van der Waals surface area (Å²) in [4.78, 5) is 4.23. The zero-order valence-corrected chi connectivity index (χ0v) is 9.44. The van der Waals surface area contributed by atoms with Gasteiger partial charge in [0, 0.05) is 13.5 Å². The average Bonchev–Trinajstić information content (AvgIpc) is 2.34. The molecule has 1 aliphatic heterocycles. The summed E-state index contributed by atoms with van der Waals surface area (Å²) in [7, 11) is -3.72. The van der Waals surface area contributed by atoms with E-state index in [4.69, 9.17) is 0 Å². The Balaban J connectivity index is 0.000000336. The molecule has 2 atom stereocenters. The summed E-state index contributed by atoms with van der Waals surface area (Å²) >= 11 is 0. The Morgan fingerprint density at radius 1 is 1.33 bits per heavy atom. The molecule has 0 spiro atoms. The topological polar surface area (TPSA) is 7.68 Å². The van der Waals surface area contributed by atoms with Crippen molar-refractivity contribution < 1.29 is 22.2 Å². The Kier molecular flexibility index (Phi) is 6.20. The van der Waals surface area contributed by atoms with Gasteiger partial charge in [-0.2, -0.15) is 0 Å². The molecular formula is C8H19BF4N2. The lowest BCUT2D eigenvalue weighted by Crippen LogP contribution is -3.11. The molecule has 1 fully saturated rings. The Morgan fingerprint density at radius 2 is 1.80 bits per heavy atom. The molecule has 0 bridgehead atoms. The van der Waals surface area contributed by atoms with E-state index in [1.165, 1.54) is 26.1 Å². The van der Waals surface area contributed by atoms with Crippen LogP contribution in [-0.2, 0) is 0 Å². The second-order valence-electron chi connectivity index (χ2n) is 3.80. The summed E-state index contributed by atoms with van der Waals surface area (Å²) in [5, 5.41) is 0. The van der Waals surface area contributed by atoms with Crippen molar-refractivity contribution in [1.82, 2.24) is 4.90 Å². The number of nitrogens with zero attached hydrogens (tertiary/aromatic N) is 1. The van der Waals surface area contributed by atoms with Gasteiger partial charge < -0.3 is 22.2 Å². The highest BCUT2D eigenvalue weighted by Crippen LogP contribution is 2.06. The van der Waals surface area contributed by atoms with Crippen molar-refractivity contribution >= 4 is 7.25 Å². The maximum Gasteiger partial charge on any atom is 0.673 e. The molecule has 1 N–H and O–H groups in total. The van der Waals surface area contributed by atoms with Crippen molar-refractivity contribution in [2.75, 3.05) is 26.7 Å². The van der Waals surface area contributed by atoms with Gasteiger partial charge >= 0.3 is 7.25 Å². The summed E-state index contributed by atoms with van der Waals surface area (Å²) < 4.78 is 39.0. The second kappa shape index (κ2) is 6.32. The minimum atomic E-state index is -6.00. The molecule has 1 saturated heterocycles. The van der Waals surface area contributed by atoms with E-state index in [2.05, 4.69) is 25.8 Å². The molecular weight excluding hydrogens is 211 g/mol.